The van der Waals surface area contributed by atoms with Crippen LogP contribution in [0.15, 0.2) is 73.1 Å². The van der Waals surface area contributed by atoms with E-state index >= 15 is 0 Å². The van der Waals surface area contributed by atoms with Crippen LogP contribution in [-0.2, 0) is 21.4 Å². The van der Waals surface area contributed by atoms with Crippen LogP contribution >= 0.6 is 11.3 Å². The van der Waals surface area contributed by atoms with Crippen molar-refractivity contribution >= 4 is 29.1 Å². The van der Waals surface area contributed by atoms with Crippen molar-refractivity contribution in [3.05, 3.63) is 88.4 Å². The van der Waals surface area contributed by atoms with Crippen LogP contribution in [0.1, 0.15) is 79.9 Å². The summed E-state index contributed by atoms with van der Waals surface area (Å²) in [5, 5.41) is 14.2. The van der Waals surface area contributed by atoms with Crippen molar-refractivity contribution in [2.45, 2.75) is 77.7 Å². The summed E-state index contributed by atoms with van der Waals surface area (Å²) in [5.74, 6) is -0.713. The number of hydrogen-bond acceptors (Lipinski definition) is 7. The minimum absolute atomic E-state index is 0.110. The van der Waals surface area contributed by atoms with Crippen LogP contribution < -0.4 is 15.4 Å². The summed E-state index contributed by atoms with van der Waals surface area (Å²) < 4.78 is 5.88. The lowest BCUT2D eigenvalue weighted by atomic mass is 9.95. The summed E-state index contributed by atoms with van der Waals surface area (Å²) in [6.45, 7) is 8.59. The molecule has 4 aromatic rings. The quantitative estimate of drug-likeness (QED) is 0.110. The van der Waals surface area contributed by atoms with Crippen molar-refractivity contribution in [2.75, 3.05) is 13.2 Å². The Morgan fingerprint density at radius 1 is 0.851 bits per heavy atom. The number of hydrogen-bond donors (Lipinski definition) is 3. The molecule has 10 heteroatoms. The van der Waals surface area contributed by atoms with E-state index in [0.717, 1.165) is 45.9 Å². The Morgan fingerprint density at radius 3 is 2.13 bits per heavy atom. The molecule has 1 unspecified atom stereocenters. The van der Waals surface area contributed by atoms with Gasteiger partial charge in [0, 0.05) is 34.8 Å². The number of carboxylic acids is 1. The van der Waals surface area contributed by atoms with E-state index in [1.807, 2.05) is 54.6 Å². The molecular weight excluding hydrogens is 612 g/mol. The molecule has 0 bridgehead atoms. The lowest BCUT2D eigenvalue weighted by Gasteiger charge is -2.18. The predicted octanol–water partition coefficient (Wildman–Crippen LogP) is 7.06. The first-order valence-electron chi connectivity index (χ1n) is 16.1. The zero-order valence-corrected chi connectivity index (χ0v) is 28.4. The van der Waals surface area contributed by atoms with Gasteiger partial charge in [-0.15, -0.1) is 11.3 Å². The zero-order valence-electron chi connectivity index (χ0n) is 27.5. The fourth-order valence-electron chi connectivity index (χ4n) is 4.88. The van der Waals surface area contributed by atoms with Crippen molar-refractivity contribution in [1.82, 2.24) is 20.6 Å². The Hall–Kier alpha value is -4.57. The Balaban J connectivity index is 1.38. The third-order valence-electron chi connectivity index (χ3n) is 7.61. The number of ether oxygens (including phenoxy) is 1. The third kappa shape index (κ3) is 10.7. The Labute approximate surface area is 280 Å². The molecule has 0 saturated heterocycles. The number of nitrogens with one attached hydrogen (secondary N) is 2. The third-order valence-corrected chi connectivity index (χ3v) is 9.12. The zero-order chi connectivity index (χ0) is 33.8. The fraction of sp³-hybridized carbons (Fsp3) is 0.378. The Kier molecular flexibility index (Phi) is 12.6. The number of unbranched alkanes of at least 4 members (excludes halogenated alkanes) is 4. The van der Waals surface area contributed by atoms with Crippen LogP contribution in [0.4, 0.5) is 0 Å². The van der Waals surface area contributed by atoms with Gasteiger partial charge in [-0.3, -0.25) is 14.4 Å². The maximum absolute atomic E-state index is 13.1. The number of amides is 2. The number of carbonyl (C=O) groups is 3. The average molecular weight is 657 g/mol. The number of carbonyl (C=O) groups excluding carboxylic acids is 2. The lowest BCUT2D eigenvalue weighted by molar-refractivity contribution is -0.138. The highest BCUT2D eigenvalue weighted by Crippen LogP contribution is 2.29. The number of aliphatic carboxylic acids is 1. The van der Waals surface area contributed by atoms with E-state index in [0.29, 0.717) is 10.7 Å². The molecule has 0 spiro atoms. The molecule has 4 rings (SSSR count). The van der Waals surface area contributed by atoms with Crippen LogP contribution in [0.5, 0.6) is 5.75 Å². The van der Waals surface area contributed by atoms with Gasteiger partial charge < -0.3 is 20.5 Å². The van der Waals surface area contributed by atoms with Gasteiger partial charge in [-0.05, 0) is 47.2 Å². The highest BCUT2D eigenvalue weighted by atomic mass is 32.1. The van der Waals surface area contributed by atoms with Gasteiger partial charge in [0.25, 0.3) is 5.91 Å². The van der Waals surface area contributed by atoms with Crippen molar-refractivity contribution in [3.8, 4) is 28.3 Å². The van der Waals surface area contributed by atoms with E-state index < -0.39 is 24.5 Å². The molecule has 0 aliphatic rings. The van der Waals surface area contributed by atoms with E-state index in [4.69, 9.17) is 9.84 Å². The van der Waals surface area contributed by atoms with E-state index in [1.54, 1.807) is 18.5 Å². The average Bonchev–Trinajstić information content (AvgIpc) is 3.58. The van der Waals surface area contributed by atoms with E-state index in [9.17, 15) is 14.4 Å². The van der Waals surface area contributed by atoms with Gasteiger partial charge in [0.15, 0.2) is 5.82 Å². The summed E-state index contributed by atoms with van der Waals surface area (Å²) in [6, 6.07) is 18.1. The molecule has 248 valence electrons. The summed E-state index contributed by atoms with van der Waals surface area (Å²) in [7, 11) is 0. The first-order chi connectivity index (χ1) is 22.5. The summed E-state index contributed by atoms with van der Waals surface area (Å²) in [6.07, 6.45) is 9.76. The smallest absolute Gasteiger partial charge is 0.322 e. The molecule has 0 fully saturated rings. The normalized spacial score (nSPS) is 11.9. The standard InChI is InChI=1S/C37H44N4O5S/c1-5-6-7-8-9-20-46-29-16-14-26(15-17-29)28-22-38-34(39-23-28)27-12-10-25(11-13-27)21-30(35(44)40-24-33(42)43)41-36(45)31-18-19-32(47-31)37(2,3)4/h10-19,22-23,30H,5-9,20-21,24H2,1-4H3,(H,40,44)(H,41,45)(H,42,43). The number of thiophene rings is 1. The van der Waals surface area contributed by atoms with Crippen molar-refractivity contribution in [2.24, 2.45) is 0 Å². The van der Waals surface area contributed by atoms with Crippen molar-refractivity contribution in [3.63, 3.8) is 0 Å². The SMILES string of the molecule is CCCCCCCOc1ccc(-c2cnc(-c3ccc(CC(NC(=O)c4ccc(C(C)(C)C)s4)C(=O)NCC(=O)O)cc3)nc2)cc1. The number of nitrogens with zero attached hydrogens (tertiary/aromatic N) is 2. The minimum atomic E-state index is -1.17. The predicted molar refractivity (Wildman–Crippen MR) is 186 cm³/mol. The monoisotopic (exact) mass is 656 g/mol. The molecule has 9 nitrogen and oxygen atoms in total. The second-order valence-electron chi connectivity index (χ2n) is 12.5. The van der Waals surface area contributed by atoms with Gasteiger partial charge in [0.05, 0.1) is 11.5 Å². The largest absolute Gasteiger partial charge is 0.494 e. The van der Waals surface area contributed by atoms with Gasteiger partial charge in [0.1, 0.15) is 18.3 Å². The Bertz CT molecular complexity index is 1610. The van der Waals surface area contributed by atoms with E-state index in [-0.39, 0.29) is 17.7 Å². The summed E-state index contributed by atoms with van der Waals surface area (Å²) in [5.41, 5.74) is 3.36. The molecule has 2 amide bonds. The van der Waals surface area contributed by atoms with Crippen LogP contribution in [0.25, 0.3) is 22.5 Å². The summed E-state index contributed by atoms with van der Waals surface area (Å²) >= 11 is 1.37. The van der Waals surface area contributed by atoms with Crippen molar-refractivity contribution < 1.29 is 24.2 Å². The first-order valence-corrected chi connectivity index (χ1v) is 16.9. The topological polar surface area (TPSA) is 131 Å². The lowest BCUT2D eigenvalue weighted by Crippen LogP contribution is -2.49. The molecular formula is C37H44N4O5S. The van der Waals surface area contributed by atoms with Crippen molar-refractivity contribution in [1.29, 1.82) is 0 Å². The number of aromatic nitrogens is 2. The van der Waals surface area contributed by atoms with Crippen LogP contribution in [0, 0.1) is 0 Å². The summed E-state index contributed by atoms with van der Waals surface area (Å²) in [4.78, 5) is 47.7. The molecule has 0 radical (unpaired) electrons. The molecule has 2 aromatic heterocycles. The minimum Gasteiger partial charge on any atom is -0.494 e. The van der Waals surface area contributed by atoms with Gasteiger partial charge in [0.2, 0.25) is 5.91 Å². The molecule has 0 saturated carbocycles. The fourth-order valence-corrected chi connectivity index (χ4v) is 5.85. The molecule has 3 N–H and O–H groups in total. The van der Waals surface area contributed by atoms with E-state index in [1.165, 1.54) is 37.0 Å². The highest BCUT2D eigenvalue weighted by molar-refractivity contribution is 7.14. The maximum atomic E-state index is 13.1. The van der Waals surface area contributed by atoms with Crippen LogP contribution in [0.2, 0.25) is 0 Å². The van der Waals surface area contributed by atoms with Crippen LogP contribution in [-0.4, -0.2) is 52.1 Å². The Morgan fingerprint density at radius 2 is 1.51 bits per heavy atom. The number of benzene rings is 2. The van der Waals surface area contributed by atoms with Gasteiger partial charge >= 0.3 is 5.97 Å². The molecule has 2 heterocycles. The van der Waals surface area contributed by atoms with Crippen LogP contribution in [0.3, 0.4) is 0 Å². The molecule has 2 aromatic carbocycles. The second kappa shape index (κ2) is 16.8. The van der Waals surface area contributed by atoms with Gasteiger partial charge in [-0.2, -0.15) is 0 Å². The second-order valence-corrected chi connectivity index (χ2v) is 13.6. The number of carboxylic acid groups (broad SMARTS) is 1. The highest BCUT2D eigenvalue weighted by Gasteiger charge is 2.25. The van der Waals surface area contributed by atoms with Gasteiger partial charge in [-0.1, -0.05) is 89.8 Å². The molecule has 47 heavy (non-hydrogen) atoms. The first kappa shape index (κ1) is 35.3. The molecule has 0 aliphatic carbocycles. The molecule has 1 atom stereocenters. The van der Waals surface area contributed by atoms with Gasteiger partial charge in [-0.25, -0.2) is 9.97 Å². The van der Waals surface area contributed by atoms with E-state index in [2.05, 4.69) is 48.3 Å². The molecule has 0 aliphatic heterocycles. The maximum Gasteiger partial charge on any atom is 0.322 e. The number of rotatable bonds is 16.